The summed E-state index contributed by atoms with van der Waals surface area (Å²) < 4.78 is 5.41. The van der Waals surface area contributed by atoms with E-state index < -0.39 is 0 Å². The van der Waals surface area contributed by atoms with Crippen molar-refractivity contribution in [3.05, 3.63) is 17.8 Å². The van der Waals surface area contributed by atoms with E-state index in [4.69, 9.17) is 10.2 Å². The van der Waals surface area contributed by atoms with Crippen molar-refractivity contribution < 1.29 is 4.42 Å². The van der Waals surface area contributed by atoms with Crippen LogP contribution in [-0.2, 0) is 5.54 Å². The zero-order valence-corrected chi connectivity index (χ0v) is 7.62. The van der Waals surface area contributed by atoms with Crippen LogP contribution in [0.4, 0.5) is 0 Å². The van der Waals surface area contributed by atoms with Crippen molar-refractivity contribution in [2.24, 2.45) is 5.73 Å². The maximum absolute atomic E-state index is 5.98. The zero-order chi connectivity index (χ0) is 8.89. The minimum Gasteiger partial charge on any atom is -0.447 e. The second-order valence-electron chi connectivity index (χ2n) is 4.36. The molecule has 2 N–H and O–H groups in total. The molecule has 0 atom stereocenters. The van der Waals surface area contributed by atoms with Gasteiger partial charge < -0.3 is 10.2 Å². The first kappa shape index (κ1) is 7.56. The second kappa shape index (κ2) is 2.35. The Morgan fingerprint density at radius 3 is 2.77 bits per heavy atom. The van der Waals surface area contributed by atoms with Crippen molar-refractivity contribution in [3.63, 3.8) is 0 Å². The molecule has 0 aliphatic heterocycles. The maximum atomic E-state index is 5.98. The van der Waals surface area contributed by atoms with Crippen LogP contribution >= 0.6 is 0 Å². The third-order valence-corrected chi connectivity index (χ3v) is 3.26. The fraction of sp³-hybridized carbons (Fsp3) is 0.700. The summed E-state index contributed by atoms with van der Waals surface area (Å²) in [7, 11) is 0. The topological polar surface area (TPSA) is 52.0 Å². The number of nitrogens with two attached hydrogens (primary N) is 1. The Kier molecular flexibility index (Phi) is 1.37. The first-order valence-corrected chi connectivity index (χ1v) is 5.03. The predicted molar refractivity (Wildman–Crippen MR) is 48.2 cm³/mol. The Hall–Kier alpha value is -0.830. The molecule has 0 aromatic carbocycles. The van der Waals surface area contributed by atoms with Crippen LogP contribution in [0, 0.1) is 0 Å². The standard InChI is InChI=1S/C10H14N2O/c11-10(4-5-10)9-12-8(6-13-9)7-2-1-3-7/h6-7H,1-5,11H2. The van der Waals surface area contributed by atoms with Crippen molar-refractivity contribution in [3.8, 4) is 0 Å². The molecule has 1 heterocycles. The molecule has 3 heteroatoms. The van der Waals surface area contributed by atoms with Gasteiger partial charge in [-0.2, -0.15) is 0 Å². The molecule has 70 valence electrons. The molecule has 2 aliphatic carbocycles. The number of hydrogen-bond donors (Lipinski definition) is 1. The van der Waals surface area contributed by atoms with E-state index in [-0.39, 0.29) is 5.54 Å². The van der Waals surface area contributed by atoms with E-state index in [0.717, 1.165) is 24.4 Å². The molecule has 0 unspecified atom stereocenters. The summed E-state index contributed by atoms with van der Waals surface area (Å²) in [6.45, 7) is 0. The van der Waals surface area contributed by atoms with Crippen LogP contribution < -0.4 is 5.73 Å². The van der Waals surface area contributed by atoms with Crippen LogP contribution in [0.5, 0.6) is 0 Å². The van der Waals surface area contributed by atoms with E-state index in [1.165, 1.54) is 19.3 Å². The van der Waals surface area contributed by atoms with Crippen LogP contribution in [0.25, 0.3) is 0 Å². The van der Waals surface area contributed by atoms with Crippen LogP contribution in [0.2, 0.25) is 0 Å². The van der Waals surface area contributed by atoms with E-state index in [9.17, 15) is 0 Å². The van der Waals surface area contributed by atoms with Crippen molar-refractivity contribution in [2.75, 3.05) is 0 Å². The molecule has 0 bridgehead atoms. The third kappa shape index (κ3) is 1.10. The van der Waals surface area contributed by atoms with Gasteiger partial charge in [0.05, 0.1) is 11.2 Å². The lowest BCUT2D eigenvalue weighted by Gasteiger charge is -2.22. The van der Waals surface area contributed by atoms with Crippen LogP contribution in [0.15, 0.2) is 10.7 Å². The highest BCUT2D eigenvalue weighted by molar-refractivity contribution is 5.16. The largest absolute Gasteiger partial charge is 0.447 e. The summed E-state index contributed by atoms with van der Waals surface area (Å²) in [5.41, 5.74) is 6.90. The average molecular weight is 178 g/mol. The summed E-state index contributed by atoms with van der Waals surface area (Å²) in [5, 5.41) is 0. The molecule has 0 spiro atoms. The Labute approximate surface area is 77.3 Å². The van der Waals surface area contributed by atoms with Crippen molar-refractivity contribution in [1.29, 1.82) is 0 Å². The molecule has 13 heavy (non-hydrogen) atoms. The minimum absolute atomic E-state index is 0.206. The Bertz CT molecular complexity index is 323. The van der Waals surface area contributed by atoms with Gasteiger partial charge >= 0.3 is 0 Å². The van der Waals surface area contributed by atoms with Gasteiger partial charge in [0.2, 0.25) is 5.89 Å². The smallest absolute Gasteiger partial charge is 0.214 e. The lowest BCUT2D eigenvalue weighted by atomic mass is 9.83. The van der Waals surface area contributed by atoms with Gasteiger partial charge in [0, 0.05) is 5.92 Å². The fourth-order valence-electron chi connectivity index (χ4n) is 1.75. The molecule has 0 amide bonds. The molecular weight excluding hydrogens is 164 g/mol. The van der Waals surface area contributed by atoms with Crippen molar-refractivity contribution in [1.82, 2.24) is 4.98 Å². The van der Waals surface area contributed by atoms with Crippen molar-refractivity contribution >= 4 is 0 Å². The van der Waals surface area contributed by atoms with Gasteiger partial charge in [-0.05, 0) is 25.7 Å². The quantitative estimate of drug-likeness (QED) is 0.752. The molecule has 1 aromatic heterocycles. The molecular formula is C10H14N2O. The minimum atomic E-state index is -0.206. The predicted octanol–water partition coefficient (Wildman–Crippen LogP) is 1.89. The highest BCUT2D eigenvalue weighted by Crippen LogP contribution is 2.43. The highest BCUT2D eigenvalue weighted by atomic mass is 16.3. The van der Waals surface area contributed by atoms with Gasteiger partial charge in [0.1, 0.15) is 6.26 Å². The van der Waals surface area contributed by atoms with E-state index in [2.05, 4.69) is 4.98 Å². The molecule has 3 nitrogen and oxygen atoms in total. The number of oxazole rings is 1. The molecule has 0 saturated heterocycles. The first-order valence-electron chi connectivity index (χ1n) is 5.03. The van der Waals surface area contributed by atoms with Gasteiger partial charge in [-0.25, -0.2) is 4.98 Å². The summed E-state index contributed by atoms with van der Waals surface area (Å²) in [6, 6.07) is 0. The molecule has 2 saturated carbocycles. The van der Waals surface area contributed by atoms with Gasteiger partial charge in [-0.15, -0.1) is 0 Å². The molecule has 2 aliphatic rings. The lowest BCUT2D eigenvalue weighted by Crippen LogP contribution is -2.19. The van der Waals surface area contributed by atoms with E-state index in [1.54, 1.807) is 6.26 Å². The second-order valence-corrected chi connectivity index (χ2v) is 4.36. The normalized spacial score (nSPS) is 25.6. The number of hydrogen-bond acceptors (Lipinski definition) is 3. The van der Waals surface area contributed by atoms with E-state index in [1.807, 2.05) is 0 Å². The molecule has 1 aromatic rings. The van der Waals surface area contributed by atoms with Crippen LogP contribution in [-0.4, -0.2) is 4.98 Å². The van der Waals surface area contributed by atoms with Crippen LogP contribution in [0.3, 0.4) is 0 Å². The summed E-state index contributed by atoms with van der Waals surface area (Å²) in [5.74, 6) is 1.41. The van der Waals surface area contributed by atoms with Gasteiger partial charge in [-0.1, -0.05) is 6.42 Å². The van der Waals surface area contributed by atoms with Gasteiger partial charge in [0.25, 0.3) is 0 Å². The first-order chi connectivity index (χ1) is 6.28. The molecule has 3 rings (SSSR count). The Balaban J connectivity index is 1.85. The lowest BCUT2D eigenvalue weighted by molar-refractivity contribution is 0.409. The molecule has 2 fully saturated rings. The summed E-state index contributed by atoms with van der Waals surface area (Å²) in [6.07, 6.45) is 7.72. The summed E-state index contributed by atoms with van der Waals surface area (Å²) in [4.78, 5) is 4.47. The Morgan fingerprint density at radius 2 is 2.23 bits per heavy atom. The number of nitrogens with zero attached hydrogens (tertiary/aromatic N) is 1. The average Bonchev–Trinajstić information content (AvgIpc) is 2.61. The highest BCUT2D eigenvalue weighted by Gasteiger charge is 2.45. The SMILES string of the molecule is NC1(c2nc(C3CCC3)co2)CC1. The number of aromatic nitrogens is 1. The van der Waals surface area contributed by atoms with Gasteiger partial charge in [0.15, 0.2) is 0 Å². The Morgan fingerprint density at radius 1 is 1.46 bits per heavy atom. The van der Waals surface area contributed by atoms with Crippen LogP contribution in [0.1, 0.15) is 49.6 Å². The number of rotatable bonds is 2. The monoisotopic (exact) mass is 178 g/mol. The van der Waals surface area contributed by atoms with Crippen molar-refractivity contribution in [2.45, 2.75) is 43.6 Å². The van der Waals surface area contributed by atoms with Gasteiger partial charge in [-0.3, -0.25) is 0 Å². The third-order valence-electron chi connectivity index (χ3n) is 3.26. The fourth-order valence-corrected chi connectivity index (χ4v) is 1.75. The van der Waals surface area contributed by atoms with E-state index >= 15 is 0 Å². The summed E-state index contributed by atoms with van der Waals surface area (Å²) >= 11 is 0. The zero-order valence-electron chi connectivity index (χ0n) is 7.62. The molecule has 0 radical (unpaired) electrons. The maximum Gasteiger partial charge on any atom is 0.214 e. The van der Waals surface area contributed by atoms with E-state index in [0.29, 0.717) is 5.92 Å².